The van der Waals surface area contributed by atoms with Crippen LogP contribution in [0.5, 0.6) is 0 Å². The SMILES string of the molecule is Ic1ccccc1NCc1ccc2ccccc2c1. The second-order valence-electron chi connectivity index (χ2n) is 4.51. The minimum atomic E-state index is 0.852. The van der Waals surface area contributed by atoms with Crippen LogP contribution in [0, 0.1) is 3.57 Å². The molecule has 0 spiro atoms. The second-order valence-corrected chi connectivity index (χ2v) is 5.68. The Morgan fingerprint density at radius 1 is 0.789 bits per heavy atom. The van der Waals surface area contributed by atoms with Gasteiger partial charge in [0.1, 0.15) is 0 Å². The molecule has 1 nitrogen and oxygen atoms in total. The van der Waals surface area contributed by atoms with Crippen molar-refractivity contribution in [1.82, 2.24) is 0 Å². The summed E-state index contributed by atoms with van der Waals surface area (Å²) in [6.45, 7) is 0.852. The summed E-state index contributed by atoms with van der Waals surface area (Å²) in [5.41, 5.74) is 2.50. The van der Waals surface area contributed by atoms with E-state index in [-0.39, 0.29) is 0 Å². The number of para-hydroxylation sites is 1. The van der Waals surface area contributed by atoms with Gasteiger partial charge in [-0.15, -0.1) is 0 Å². The third kappa shape index (κ3) is 2.89. The molecule has 3 rings (SSSR count). The molecule has 0 amide bonds. The molecule has 0 aliphatic rings. The quantitative estimate of drug-likeness (QED) is 0.645. The molecule has 3 aromatic rings. The van der Waals surface area contributed by atoms with Crippen LogP contribution in [0.25, 0.3) is 10.8 Å². The molecule has 0 saturated carbocycles. The minimum Gasteiger partial charge on any atom is -0.380 e. The molecule has 1 N–H and O–H groups in total. The normalized spacial score (nSPS) is 10.6. The summed E-state index contributed by atoms with van der Waals surface area (Å²) >= 11 is 2.35. The number of rotatable bonds is 3. The standard InChI is InChI=1S/C17H14IN/c18-16-7-3-4-8-17(16)19-12-13-9-10-14-5-1-2-6-15(14)11-13/h1-11,19H,12H2. The van der Waals surface area contributed by atoms with E-state index in [4.69, 9.17) is 0 Å². The molecule has 0 aliphatic heterocycles. The first-order chi connectivity index (χ1) is 9.33. The molecule has 3 aromatic carbocycles. The zero-order valence-electron chi connectivity index (χ0n) is 10.4. The Labute approximate surface area is 126 Å². The van der Waals surface area contributed by atoms with E-state index in [1.54, 1.807) is 0 Å². The molecule has 0 aliphatic carbocycles. The van der Waals surface area contributed by atoms with Gasteiger partial charge < -0.3 is 5.32 Å². The van der Waals surface area contributed by atoms with Gasteiger partial charge in [-0.1, -0.05) is 48.5 Å². The smallest absolute Gasteiger partial charge is 0.0478 e. The van der Waals surface area contributed by atoms with Gasteiger partial charge in [0.05, 0.1) is 0 Å². The van der Waals surface area contributed by atoms with Crippen molar-refractivity contribution in [3.63, 3.8) is 0 Å². The molecular weight excluding hydrogens is 345 g/mol. The first-order valence-electron chi connectivity index (χ1n) is 6.29. The first-order valence-corrected chi connectivity index (χ1v) is 7.37. The first kappa shape index (κ1) is 12.5. The van der Waals surface area contributed by atoms with E-state index in [2.05, 4.69) is 94.6 Å². The van der Waals surface area contributed by atoms with Crippen molar-refractivity contribution in [1.29, 1.82) is 0 Å². The summed E-state index contributed by atoms with van der Waals surface area (Å²) < 4.78 is 1.25. The van der Waals surface area contributed by atoms with Crippen LogP contribution >= 0.6 is 22.6 Å². The predicted molar refractivity (Wildman–Crippen MR) is 90.4 cm³/mol. The van der Waals surface area contributed by atoms with Gasteiger partial charge in [-0.3, -0.25) is 0 Å². The van der Waals surface area contributed by atoms with Gasteiger partial charge >= 0.3 is 0 Å². The zero-order chi connectivity index (χ0) is 13.1. The minimum absolute atomic E-state index is 0.852. The average molecular weight is 359 g/mol. The fourth-order valence-corrected chi connectivity index (χ4v) is 2.73. The van der Waals surface area contributed by atoms with Gasteiger partial charge in [0.25, 0.3) is 0 Å². The number of fused-ring (bicyclic) bond motifs is 1. The molecule has 0 aromatic heterocycles. The van der Waals surface area contributed by atoms with E-state index in [9.17, 15) is 0 Å². The van der Waals surface area contributed by atoms with Crippen molar-refractivity contribution < 1.29 is 0 Å². The Hall–Kier alpha value is -1.55. The van der Waals surface area contributed by atoms with E-state index >= 15 is 0 Å². The monoisotopic (exact) mass is 359 g/mol. The fourth-order valence-electron chi connectivity index (χ4n) is 2.15. The van der Waals surface area contributed by atoms with Crippen LogP contribution in [0.4, 0.5) is 5.69 Å². The summed E-state index contributed by atoms with van der Waals surface area (Å²) in [7, 11) is 0. The van der Waals surface area contributed by atoms with Crippen molar-refractivity contribution >= 4 is 39.1 Å². The van der Waals surface area contributed by atoms with Gasteiger partial charge in [0, 0.05) is 15.8 Å². The highest BCUT2D eigenvalue weighted by Crippen LogP contribution is 2.19. The maximum absolute atomic E-state index is 3.49. The Morgan fingerprint density at radius 3 is 2.37 bits per heavy atom. The highest BCUT2D eigenvalue weighted by Gasteiger charge is 1.99. The van der Waals surface area contributed by atoms with E-state index in [0.717, 1.165) is 6.54 Å². The van der Waals surface area contributed by atoms with Crippen molar-refractivity contribution in [2.45, 2.75) is 6.54 Å². The second kappa shape index (κ2) is 5.61. The Kier molecular flexibility index (Phi) is 3.69. The lowest BCUT2D eigenvalue weighted by molar-refractivity contribution is 1.15. The van der Waals surface area contributed by atoms with Crippen LogP contribution in [0.1, 0.15) is 5.56 Å². The molecule has 2 heteroatoms. The summed E-state index contributed by atoms with van der Waals surface area (Å²) in [5, 5.41) is 6.07. The van der Waals surface area contributed by atoms with E-state index in [1.807, 2.05) is 0 Å². The molecule has 0 heterocycles. The lowest BCUT2D eigenvalue weighted by Crippen LogP contribution is -2.00. The Balaban J connectivity index is 1.80. The number of hydrogen-bond donors (Lipinski definition) is 1. The number of hydrogen-bond acceptors (Lipinski definition) is 1. The average Bonchev–Trinajstić information content (AvgIpc) is 2.46. The third-order valence-corrected chi connectivity index (χ3v) is 4.11. The van der Waals surface area contributed by atoms with E-state index in [1.165, 1.54) is 25.6 Å². The zero-order valence-corrected chi connectivity index (χ0v) is 12.6. The molecule has 0 unspecified atom stereocenters. The van der Waals surface area contributed by atoms with Crippen LogP contribution < -0.4 is 5.32 Å². The number of nitrogens with one attached hydrogen (secondary N) is 1. The molecule has 0 saturated heterocycles. The predicted octanol–water partition coefficient (Wildman–Crippen LogP) is 5.06. The highest BCUT2D eigenvalue weighted by atomic mass is 127. The van der Waals surface area contributed by atoms with Gasteiger partial charge in [-0.25, -0.2) is 0 Å². The summed E-state index contributed by atoms with van der Waals surface area (Å²) in [5.74, 6) is 0. The van der Waals surface area contributed by atoms with E-state index in [0.29, 0.717) is 0 Å². The van der Waals surface area contributed by atoms with Crippen molar-refractivity contribution in [2.24, 2.45) is 0 Å². The molecule has 0 radical (unpaired) electrons. The van der Waals surface area contributed by atoms with Crippen molar-refractivity contribution in [2.75, 3.05) is 5.32 Å². The van der Waals surface area contributed by atoms with Crippen LogP contribution in [-0.2, 0) is 6.54 Å². The van der Waals surface area contributed by atoms with Crippen LogP contribution in [0.15, 0.2) is 66.7 Å². The van der Waals surface area contributed by atoms with Gasteiger partial charge in [0.2, 0.25) is 0 Å². The number of anilines is 1. The van der Waals surface area contributed by atoms with Crippen molar-refractivity contribution in [3.8, 4) is 0 Å². The van der Waals surface area contributed by atoms with Crippen LogP contribution in [-0.4, -0.2) is 0 Å². The lowest BCUT2D eigenvalue weighted by atomic mass is 10.1. The van der Waals surface area contributed by atoms with Crippen LogP contribution in [0.2, 0.25) is 0 Å². The van der Waals surface area contributed by atoms with Gasteiger partial charge in [0.15, 0.2) is 0 Å². The van der Waals surface area contributed by atoms with Gasteiger partial charge in [-0.05, 0) is 57.1 Å². The summed E-state index contributed by atoms with van der Waals surface area (Å²) in [6, 6.07) is 23.4. The lowest BCUT2D eigenvalue weighted by Gasteiger charge is -2.09. The molecule has 0 bridgehead atoms. The summed E-state index contributed by atoms with van der Waals surface area (Å²) in [6.07, 6.45) is 0. The maximum atomic E-state index is 3.49. The molecule has 94 valence electrons. The third-order valence-electron chi connectivity index (χ3n) is 3.17. The van der Waals surface area contributed by atoms with Gasteiger partial charge in [-0.2, -0.15) is 0 Å². The topological polar surface area (TPSA) is 12.0 Å². The number of benzene rings is 3. The molecular formula is C17H14IN. The van der Waals surface area contributed by atoms with Crippen LogP contribution in [0.3, 0.4) is 0 Å². The highest BCUT2D eigenvalue weighted by molar-refractivity contribution is 14.1. The molecule has 0 fully saturated rings. The molecule has 0 atom stereocenters. The Morgan fingerprint density at radius 2 is 1.53 bits per heavy atom. The maximum Gasteiger partial charge on any atom is 0.0478 e. The van der Waals surface area contributed by atoms with E-state index < -0.39 is 0 Å². The fraction of sp³-hybridized carbons (Fsp3) is 0.0588. The molecule has 19 heavy (non-hydrogen) atoms. The van der Waals surface area contributed by atoms with Crippen molar-refractivity contribution in [3.05, 3.63) is 75.9 Å². The number of halogens is 1. The summed E-state index contributed by atoms with van der Waals surface area (Å²) in [4.78, 5) is 0. The Bertz CT molecular complexity index is 706. The largest absolute Gasteiger partial charge is 0.380 e.